The highest BCUT2D eigenvalue weighted by Crippen LogP contribution is 2.09. The van der Waals surface area contributed by atoms with Crippen LogP contribution in [0.15, 0.2) is 35.9 Å². The fourth-order valence-electron chi connectivity index (χ4n) is 1.85. The molecule has 0 aliphatic rings. The first-order valence-electron chi connectivity index (χ1n) is 7.19. The van der Waals surface area contributed by atoms with E-state index in [1.54, 1.807) is 7.11 Å². The summed E-state index contributed by atoms with van der Waals surface area (Å²) in [6, 6.07) is 9.71. The lowest BCUT2D eigenvalue weighted by atomic mass is 10.1. The van der Waals surface area contributed by atoms with E-state index in [1.807, 2.05) is 36.4 Å². The minimum Gasteiger partial charge on any atom is -0.462 e. The average Bonchev–Trinajstić information content (AvgIpc) is 2.47. The molecule has 0 N–H and O–H groups in total. The fraction of sp³-hybridized carbons (Fsp3) is 0.471. The Morgan fingerprint density at radius 3 is 2.55 bits per heavy atom. The normalized spacial score (nSPS) is 11.4. The van der Waals surface area contributed by atoms with E-state index in [9.17, 15) is 4.79 Å². The Morgan fingerprint density at radius 2 is 1.90 bits per heavy atom. The molecule has 3 nitrogen and oxygen atoms in total. The Labute approximate surface area is 121 Å². The van der Waals surface area contributed by atoms with E-state index in [2.05, 4.69) is 6.92 Å². The number of carbonyl (C=O) groups is 1. The second-order valence-electron chi connectivity index (χ2n) is 4.71. The first kappa shape index (κ1) is 16.4. The molecule has 20 heavy (non-hydrogen) atoms. The van der Waals surface area contributed by atoms with Crippen LogP contribution in [0.25, 0.3) is 6.08 Å². The van der Waals surface area contributed by atoms with Crippen molar-refractivity contribution in [3.63, 3.8) is 0 Å². The van der Waals surface area contributed by atoms with Gasteiger partial charge in [-0.25, -0.2) is 4.79 Å². The third kappa shape index (κ3) is 6.53. The molecule has 3 heteroatoms. The van der Waals surface area contributed by atoms with Crippen LogP contribution in [0, 0.1) is 0 Å². The third-order valence-corrected chi connectivity index (χ3v) is 2.93. The molecule has 0 aromatic heterocycles. The van der Waals surface area contributed by atoms with Gasteiger partial charge in [0.05, 0.1) is 18.8 Å². The first-order valence-corrected chi connectivity index (χ1v) is 7.19. The van der Waals surface area contributed by atoms with Gasteiger partial charge in [0.25, 0.3) is 0 Å². The summed E-state index contributed by atoms with van der Waals surface area (Å²) in [6.45, 7) is 2.91. The van der Waals surface area contributed by atoms with Crippen molar-refractivity contribution in [2.75, 3.05) is 20.3 Å². The highest BCUT2D eigenvalue weighted by atomic mass is 16.5. The van der Waals surface area contributed by atoms with Gasteiger partial charge in [0.15, 0.2) is 0 Å². The molecule has 0 fully saturated rings. The van der Waals surface area contributed by atoms with Crippen LogP contribution in [0.2, 0.25) is 0 Å². The Kier molecular flexibility index (Phi) is 8.40. The zero-order chi connectivity index (χ0) is 14.6. The van der Waals surface area contributed by atoms with Gasteiger partial charge in [-0.2, -0.15) is 0 Å². The van der Waals surface area contributed by atoms with Crippen LogP contribution < -0.4 is 0 Å². The van der Waals surface area contributed by atoms with Crippen molar-refractivity contribution in [2.45, 2.75) is 32.6 Å². The zero-order valence-corrected chi connectivity index (χ0v) is 12.4. The van der Waals surface area contributed by atoms with Crippen LogP contribution in [-0.2, 0) is 14.3 Å². The molecule has 0 aliphatic heterocycles. The van der Waals surface area contributed by atoms with E-state index in [4.69, 9.17) is 9.47 Å². The summed E-state index contributed by atoms with van der Waals surface area (Å²) in [5, 5.41) is 0. The van der Waals surface area contributed by atoms with Crippen molar-refractivity contribution in [2.24, 2.45) is 0 Å². The molecule has 1 rings (SSSR count). The lowest BCUT2D eigenvalue weighted by Gasteiger charge is -2.08. The molecule has 0 atom stereocenters. The predicted molar refractivity (Wildman–Crippen MR) is 81.4 cm³/mol. The summed E-state index contributed by atoms with van der Waals surface area (Å²) in [7, 11) is 1.58. The molecule has 0 aliphatic carbocycles. The maximum absolute atomic E-state index is 12.0. The quantitative estimate of drug-likeness (QED) is 0.390. The molecule has 0 saturated heterocycles. The van der Waals surface area contributed by atoms with Crippen molar-refractivity contribution in [3.05, 3.63) is 41.5 Å². The van der Waals surface area contributed by atoms with Gasteiger partial charge in [0.2, 0.25) is 0 Å². The number of esters is 1. The number of carbonyl (C=O) groups excluding carboxylic acids is 1. The van der Waals surface area contributed by atoms with Gasteiger partial charge in [0, 0.05) is 7.11 Å². The van der Waals surface area contributed by atoms with E-state index < -0.39 is 0 Å². The summed E-state index contributed by atoms with van der Waals surface area (Å²) in [5.41, 5.74) is 1.52. The van der Waals surface area contributed by atoms with Crippen LogP contribution in [0.5, 0.6) is 0 Å². The van der Waals surface area contributed by atoms with E-state index in [1.165, 1.54) is 12.8 Å². The number of ether oxygens (including phenoxy) is 2. The summed E-state index contributed by atoms with van der Waals surface area (Å²) in [4.78, 5) is 12.0. The average molecular weight is 276 g/mol. The van der Waals surface area contributed by atoms with Crippen molar-refractivity contribution >= 4 is 12.0 Å². The minimum absolute atomic E-state index is 0.267. The molecule has 0 saturated carbocycles. The Morgan fingerprint density at radius 1 is 1.15 bits per heavy atom. The predicted octanol–water partition coefficient (Wildman–Crippen LogP) is 3.84. The van der Waals surface area contributed by atoms with Gasteiger partial charge in [0.1, 0.15) is 0 Å². The topological polar surface area (TPSA) is 35.5 Å². The van der Waals surface area contributed by atoms with Crippen LogP contribution in [0.3, 0.4) is 0 Å². The highest BCUT2D eigenvalue weighted by molar-refractivity contribution is 5.93. The Balaban J connectivity index is 2.52. The van der Waals surface area contributed by atoms with Crippen LogP contribution in [0.4, 0.5) is 0 Å². The number of methoxy groups -OCH3 is 1. The van der Waals surface area contributed by atoms with E-state index in [-0.39, 0.29) is 12.6 Å². The molecule has 0 unspecified atom stereocenters. The van der Waals surface area contributed by atoms with Crippen LogP contribution in [-0.4, -0.2) is 26.3 Å². The molecule has 0 amide bonds. The summed E-state index contributed by atoms with van der Waals surface area (Å²) < 4.78 is 10.4. The Hall–Kier alpha value is -1.61. The minimum atomic E-state index is -0.285. The number of benzene rings is 1. The van der Waals surface area contributed by atoms with Crippen LogP contribution >= 0.6 is 0 Å². The van der Waals surface area contributed by atoms with Crippen LogP contribution in [0.1, 0.15) is 38.2 Å². The molecule has 110 valence electrons. The number of unbranched alkanes of at least 4 members (excludes halogenated alkanes) is 3. The molecular weight excluding hydrogens is 252 g/mol. The Bertz CT molecular complexity index is 410. The van der Waals surface area contributed by atoms with Gasteiger partial charge in [-0.15, -0.1) is 0 Å². The maximum Gasteiger partial charge on any atom is 0.336 e. The molecule has 0 heterocycles. The number of hydrogen-bond donors (Lipinski definition) is 0. The molecule has 0 bridgehead atoms. The second kappa shape index (κ2) is 10.2. The van der Waals surface area contributed by atoms with Gasteiger partial charge in [-0.1, -0.05) is 56.5 Å². The maximum atomic E-state index is 12.0. The smallest absolute Gasteiger partial charge is 0.336 e. The second-order valence-corrected chi connectivity index (χ2v) is 4.71. The molecule has 0 spiro atoms. The monoisotopic (exact) mass is 276 g/mol. The summed E-state index contributed by atoms with van der Waals surface area (Å²) >= 11 is 0. The van der Waals surface area contributed by atoms with Gasteiger partial charge in [-0.3, -0.25) is 0 Å². The van der Waals surface area contributed by atoms with E-state index in [0.29, 0.717) is 12.2 Å². The third-order valence-electron chi connectivity index (χ3n) is 2.93. The first-order chi connectivity index (χ1) is 9.77. The molecular formula is C17H24O3. The highest BCUT2D eigenvalue weighted by Gasteiger charge is 2.10. The molecule has 1 aromatic rings. The van der Waals surface area contributed by atoms with Crippen molar-refractivity contribution in [3.8, 4) is 0 Å². The summed E-state index contributed by atoms with van der Waals surface area (Å²) in [5.74, 6) is -0.285. The molecule has 1 aromatic carbocycles. The van der Waals surface area contributed by atoms with Gasteiger partial charge in [-0.05, 0) is 18.1 Å². The lowest BCUT2D eigenvalue weighted by Crippen LogP contribution is -2.12. The zero-order valence-electron chi connectivity index (χ0n) is 12.4. The van der Waals surface area contributed by atoms with E-state index >= 15 is 0 Å². The van der Waals surface area contributed by atoms with Crippen molar-refractivity contribution in [1.29, 1.82) is 0 Å². The van der Waals surface area contributed by atoms with Crippen molar-refractivity contribution in [1.82, 2.24) is 0 Å². The standard InChI is InChI=1S/C17H24O3/c1-3-4-5-9-12-20-17(18)16(14-19-2)13-15-10-7-6-8-11-15/h6-8,10-11,13H,3-5,9,12,14H2,1-2H3. The summed E-state index contributed by atoms with van der Waals surface area (Å²) in [6.07, 6.45) is 6.20. The fourth-order valence-corrected chi connectivity index (χ4v) is 1.85. The van der Waals surface area contributed by atoms with E-state index in [0.717, 1.165) is 18.4 Å². The SMILES string of the molecule is CCCCCCOC(=O)C(=Cc1ccccc1)COC. The van der Waals surface area contributed by atoms with Crippen molar-refractivity contribution < 1.29 is 14.3 Å². The number of hydrogen-bond acceptors (Lipinski definition) is 3. The van der Waals surface area contributed by atoms with Gasteiger partial charge >= 0.3 is 5.97 Å². The largest absolute Gasteiger partial charge is 0.462 e. The lowest BCUT2D eigenvalue weighted by molar-refractivity contribution is -0.139. The number of rotatable bonds is 9. The molecule has 0 radical (unpaired) electrons. The van der Waals surface area contributed by atoms with Gasteiger partial charge < -0.3 is 9.47 Å².